The number of methoxy groups -OCH3 is 1. The Hall–Kier alpha value is -2.03. The van der Waals surface area contributed by atoms with Gasteiger partial charge in [-0.05, 0) is 13.0 Å². The second-order valence-electron chi connectivity index (χ2n) is 3.84. The summed E-state index contributed by atoms with van der Waals surface area (Å²) in [5, 5.41) is 0. The molecule has 0 aliphatic heterocycles. The first kappa shape index (κ1) is 17.0. The fraction of sp³-hybridized carbons (Fsp3) is 0.500. The number of hydrogen-bond acceptors (Lipinski definition) is 6. The molecule has 9 heteroatoms. The van der Waals surface area contributed by atoms with Gasteiger partial charge in [0.25, 0.3) is 5.88 Å². The number of halogens is 3. The van der Waals surface area contributed by atoms with E-state index in [0.29, 0.717) is 0 Å². The van der Waals surface area contributed by atoms with Crippen LogP contribution in [0.25, 0.3) is 0 Å². The van der Waals surface area contributed by atoms with E-state index in [1.165, 1.54) is 13.2 Å². The van der Waals surface area contributed by atoms with Crippen LogP contribution in [0, 0.1) is 0 Å². The van der Waals surface area contributed by atoms with Gasteiger partial charge in [-0.2, -0.15) is 0 Å². The average molecular weight is 308 g/mol. The highest BCUT2D eigenvalue weighted by Gasteiger charge is 2.34. The van der Waals surface area contributed by atoms with Gasteiger partial charge in [-0.15, -0.1) is 13.2 Å². The summed E-state index contributed by atoms with van der Waals surface area (Å²) in [4.78, 5) is 15.0. The number of alkyl halides is 3. The lowest BCUT2D eigenvalue weighted by molar-refractivity contribution is -0.276. The molecule has 0 bridgehead atoms. The van der Waals surface area contributed by atoms with Gasteiger partial charge in [0.05, 0.1) is 25.8 Å². The van der Waals surface area contributed by atoms with Gasteiger partial charge in [-0.1, -0.05) is 0 Å². The van der Waals surface area contributed by atoms with Crippen LogP contribution in [0.2, 0.25) is 0 Å². The van der Waals surface area contributed by atoms with E-state index in [1.54, 1.807) is 6.92 Å². The van der Waals surface area contributed by atoms with E-state index in [-0.39, 0.29) is 36.6 Å². The summed E-state index contributed by atoms with van der Waals surface area (Å²) in [6.45, 7) is 1.67. The maximum atomic E-state index is 12.4. The van der Waals surface area contributed by atoms with Crippen molar-refractivity contribution in [1.29, 1.82) is 0 Å². The minimum absolute atomic E-state index is 0.0500. The predicted molar refractivity (Wildman–Crippen MR) is 65.7 cm³/mol. The minimum Gasteiger partial charge on any atom is -0.491 e. The molecule has 0 amide bonds. The normalized spacial score (nSPS) is 11.1. The molecule has 0 spiro atoms. The number of hydrogen-bond donors (Lipinski definition) is 1. The zero-order chi connectivity index (χ0) is 16.0. The van der Waals surface area contributed by atoms with Gasteiger partial charge in [0.1, 0.15) is 0 Å². The van der Waals surface area contributed by atoms with E-state index in [0.717, 1.165) is 0 Å². The maximum absolute atomic E-state index is 12.4. The van der Waals surface area contributed by atoms with Gasteiger partial charge < -0.3 is 19.9 Å². The molecule has 1 aromatic rings. The third-order valence-corrected chi connectivity index (χ3v) is 2.34. The molecule has 0 saturated carbocycles. The second kappa shape index (κ2) is 7.11. The van der Waals surface area contributed by atoms with Gasteiger partial charge in [-0.3, -0.25) is 4.79 Å². The standard InChI is InChI=1S/C12H15F3N2O4/c1-3-20-9(18)5-8-4-7(6-16)10(19-2)11(17-8)21-12(13,14)15/h4H,3,5-6,16H2,1-2H3. The smallest absolute Gasteiger partial charge is 0.491 e. The van der Waals surface area contributed by atoms with Gasteiger partial charge >= 0.3 is 12.3 Å². The number of rotatable bonds is 6. The third kappa shape index (κ3) is 5.10. The zero-order valence-corrected chi connectivity index (χ0v) is 11.5. The van der Waals surface area contributed by atoms with Crippen LogP contribution in [0.3, 0.4) is 0 Å². The molecule has 0 radical (unpaired) electrons. The lowest BCUT2D eigenvalue weighted by Gasteiger charge is -2.15. The van der Waals surface area contributed by atoms with Crippen LogP contribution < -0.4 is 15.2 Å². The summed E-state index contributed by atoms with van der Waals surface area (Å²) >= 11 is 0. The maximum Gasteiger partial charge on any atom is 0.574 e. The first-order valence-corrected chi connectivity index (χ1v) is 5.99. The van der Waals surface area contributed by atoms with Crippen molar-refractivity contribution >= 4 is 5.97 Å². The van der Waals surface area contributed by atoms with Crippen molar-refractivity contribution in [2.45, 2.75) is 26.3 Å². The molecule has 1 heterocycles. The molecule has 0 saturated heterocycles. The van der Waals surface area contributed by atoms with Crippen molar-refractivity contribution < 1.29 is 32.2 Å². The Morgan fingerprint density at radius 3 is 2.57 bits per heavy atom. The van der Waals surface area contributed by atoms with Crippen molar-refractivity contribution in [3.63, 3.8) is 0 Å². The molecule has 0 aliphatic carbocycles. The fourth-order valence-electron chi connectivity index (χ4n) is 1.62. The molecule has 0 atom stereocenters. The lowest BCUT2D eigenvalue weighted by Crippen LogP contribution is -2.20. The van der Waals surface area contributed by atoms with Crippen molar-refractivity contribution in [2.24, 2.45) is 5.73 Å². The van der Waals surface area contributed by atoms with E-state index in [1.807, 2.05) is 0 Å². The number of esters is 1. The Labute approximate surface area is 119 Å². The molecule has 0 unspecified atom stereocenters. The lowest BCUT2D eigenvalue weighted by atomic mass is 10.1. The first-order valence-electron chi connectivity index (χ1n) is 5.99. The van der Waals surface area contributed by atoms with E-state index in [2.05, 4.69) is 9.72 Å². The molecule has 0 aromatic carbocycles. The molecule has 0 aliphatic rings. The Balaban J connectivity index is 3.16. The van der Waals surface area contributed by atoms with Gasteiger partial charge in [0.2, 0.25) is 0 Å². The topological polar surface area (TPSA) is 83.7 Å². The number of aromatic nitrogens is 1. The number of nitrogens with two attached hydrogens (primary N) is 1. The number of ether oxygens (including phenoxy) is 3. The summed E-state index contributed by atoms with van der Waals surface area (Å²) in [5.41, 5.74) is 5.75. The summed E-state index contributed by atoms with van der Waals surface area (Å²) < 4.78 is 50.5. The molecular weight excluding hydrogens is 293 g/mol. The van der Waals surface area contributed by atoms with Gasteiger partial charge in [0.15, 0.2) is 5.75 Å². The minimum atomic E-state index is -4.94. The van der Waals surface area contributed by atoms with Crippen molar-refractivity contribution in [2.75, 3.05) is 13.7 Å². The molecule has 1 aromatic heterocycles. The highest BCUT2D eigenvalue weighted by molar-refractivity contribution is 5.72. The van der Waals surface area contributed by atoms with Gasteiger partial charge in [-0.25, -0.2) is 4.98 Å². The average Bonchev–Trinajstić information content (AvgIpc) is 2.36. The molecule has 118 valence electrons. The van der Waals surface area contributed by atoms with Crippen LogP contribution in [0.4, 0.5) is 13.2 Å². The first-order chi connectivity index (χ1) is 9.80. The highest BCUT2D eigenvalue weighted by atomic mass is 19.4. The van der Waals surface area contributed by atoms with Crippen LogP contribution in [0.1, 0.15) is 18.2 Å². The van der Waals surface area contributed by atoms with Crippen LogP contribution in [-0.4, -0.2) is 31.0 Å². The molecule has 2 N–H and O–H groups in total. The van der Waals surface area contributed by atoms with Crippen LogP contribution in [-0.2, 0) is 22.5 Å². The van der Waals surface area contributed by atoms with Gasteiger partial charge in [0, 0.05) is 12.1 Å². The summed E-state index contributed by atoms with van der Waals surface area (Å²) in [5.74, 6) is -1.62. The molecule has 0 fully saturated rings. The Bertz CT molecular complexity index is 506. The Morgan fingerprint density at radius 2 is 2.10 bits per heavy atom. The monoisotopic (exact) mass is 308 g/mol. The van der Waals surface area contributed by atoms with Crippen LogP contribution in [0.5, 0.6) is 11.6 Å². The number of nitrogens with zero attached hydrogens (tertiary/aromatic N) is 1. The zero-order valence-electron chi connectivity index (χ0n) is 11.5. The SMILES string of the molecule is CCOC(=O)Cc1cc(CN)c(OC)c(OC(F)(F)F)n1. The molecule has 1 rings (SSSR count). The fourth-order valence-corrected chi connectivity index (χ4v) is 1.62. The number of carbonyl (C=O) groups excluding carboxylic acids is 1. The van der Waals surface area contributed by atoms with E-state index in [9.17, 15) is 18.0 Å². The van der Waals surface area contributed by atoms with Crippen LogP contribution in [0.15, 0.2) is 6.07 Å². The molecular formula is C12H15F3N2O4. The highest BCUT2D eigenvalue weighted by Crippen LogP contribution is 2.33. The second-order valence-corrected chi connectivity index (χ2v) is 3.84. The number of carbonyl (C=O) groups is 1. The predicted octanol–water partition coefficient (Wildman–Crippen LogP) is 1.55. The van der Waals surface area contributed by atoms with E-state index in [4.69, 9.17) is 15.2 Å². The van der Waals surface area contributed by atoms with Crippen LogP contribution >= 0.6 is 0 Å². The third-order valence-electron chi connectivity index (χ3n) is 2.34. The van der Waals surface area contributed by atoms with Crippen molar-refractivity contribution in [3.8, 4) is 11.6 Å². The quantitative estimate of drug-likeness (QED) is 0.803. The van der Waals surface area contributed by atoms with Crippen molar-refractivity contribution in [3.05, 3.63) is 17.3 Å². The van der Waals surface area contributed by atoms with E-state index >= 15 is 0 Å². The summed E-state index contributed by atoms with van der Waals surface area (Å²) in [6.07, 6.45) is -5.23. The number of pyridine rings is 1. The molecule has 21 heavy (non-hydrogen) atoms. The largest absolute Gasteiger partial charge is 0.574 e. The summed E-state index contributed by atoms with van der Waals surface area (Å²) in [7, 11) is 1.17. The molecule has 6 nitrogen and oxygen atoms in total. The van der Waals surface area contributed by atoms with E-state index < -0.39 is 18.2 Å². The summed E-state index contributed by atoms with van der Waals surface area (Å²) in [6, 6.07) is 1.37. The Morgan fingerprint density at radius 1 is 1.43 bits per heavy atom. The van der Waals surface area contributed by atoms with Crippen molar-refractivity contribution in [1.82, 2.24) is 4.98 Å². The Kier molecular flexibility index (Phi) is 5.77.